The molecule has 5 heteroatoms. The molecule has 1 aromatic rings. The largest absolute Gasteiger partial charge is 0.479 e. The molecule has 0 heterocycles. The van der Waals surface area contributed by atoms with Crippen molar-refractivity contribution in [2.24, 2.45) is 0 Å². The Morgan fingerprint density at radius 1 is 1.44 bits per heavy atom. The van der Waals surface area contributed by atoms with Crippen LogP contribution in [0.5, 0.6) is 0 Å². The number of carbonyl (C=O) groups excluding carboxylic acids is 1. The van der Waals surface area contributed by atoms with Crippen LogP contribution in [0.25, 0.3) is 0 Å². The predicted octanol–water partition coefficient (Wildman–Crippen LogP) is 2.29. The summed E-state index contributed by atoms with van der Waals surface area (Å²) >= 11 is 0.636. The van der Waals surface area contributed by atoms with Gasteiger partial charge in [-0.1, -0.05) is 25.1 Å². The monoisotopic (exact) mass is 242 g/mol. The van der Waals surface area contributed by atoms with Crippen LogP contribution < -0.4 is 0 Å². The highest BCUT2D eigenvalue weighted by Crippen LogP contribution is 2.25. The van der Waals surface area contributed by atoms with Crippen LogP contribution in [0.4, 0.5) is 4.39 Å². The summed E-state index contributed by atoms with van der Waals surface area (Å²) in [5.74, 6) is -1.74. The molecule has 0 aliphatic rings. The normalized spacial score (nSPS) is 12.1. The first-order valence-corrected chi connectivity index (χ1v) is 5.54. The Bertz CT molecular complexity index is 406. The maximum Gasteiger partial charge on any atom is 0.347 e. The molecule has 0 amide bonds. The third kappa shape index (κ3) is 3.06. The summed E-state index contributed by atoms with van der Waals surface area (Å²) in [6, 6.07) is 7.04. The second-order valence-corrected chi connectivity index (χ2v) is 4.13. The van der Waals surface area contributed by atoms with Gasteiger partial charge in [0.15, 0.2) is 0 Å². The van der Waals surface area contributed by atoms with Gasteiger partial charge in [0.1, 0.15) is 0 Å². The Kier molecular flexibility index (Phi) is 4.49. The Morgan fingerprint density at radius 2 is 2.06 bits per heavy atom. The lowest BCUT2D eigenvalue weighted by atomic mass is 10.2. The molecule has 3 nitrogen and oxygen atoms in total. The Balaban J connectivity index is 2.80. The maximum atomic E-state index is 12.9. The molecule has 0 fully saturated rings. The second kappa shape index (κ2) is 5.65. The van der Waals surface area contributed by atoms with E-state index < -0.39 is 17.3 Å². The van der Waals surface area contributed by atoms with Crippen LogP contribution in [0.2, 0.25) is 0 Å². The molecular formula is C11H11FO3S. The molecule has 16 heavy (non-hydrogen) atoms. The number of carbonyl (C=O) groups is 2. The number of aliphatic carboxylic acids is 1. The minimum atomic E-state index is -2.46. The van der Waals surface area contributed by atoms with Crippen molar-refractivity contribution < 1.29 is 19.1 Å². The van der Waals surface area contributed by atoms with Crippen LogP contribution in [-0.2, 0) is 16.0 Å². The number of thioether (sulfide) groups is 1. The van der Waals surface area contributed by atoms with Crippen molar-refractivity contribution in [1.82, 2.24) is 0 Å². The lowest BCUT2D eigenvalue weighted by Crippen LogP contribution is -2.22. The molecule has 0 saturated carbocycles. The van der Waals surface area contributed by atoms with Gasteiger partial charge in [0.05, 0.1) is 0 Å². The van der Waals surface area contributed by atoms with Crippen molar-refractivity contribution in [3.05, 3.63) is 29.8 Å². The van der Waals surface area contributed by atoms with Crippen LogP contribution in [0.1, 0.15) is 12.5 Å². The number of hydrogen-bond donors (Lipinski definition) is 1. The number of carboxylic acids is 1. The van der Waals surface area contributed by atoms with Crippen molar-refractivity contribution in [2.45, 2.75) is 24.4 Å². The fourth-order valence-electron chi connectivity index (χ4n) is 1.16. The van der Waals surface area contributed by atoms with Gasteiger partial charge in [-0.25, -0.2) is 9.18 Å². The molecule has 0 spiro atoms. The van der Waals surface area contributed by atoms with Crippen molar-refractivity contribution >= 4 is 22.8 Å². The van der Waals surface area contributed by atoms with Gasteiger partial charge >= 0.3 is 5.97 Å². The zero-order valence-electron chi connectivity index (χ0n) is 8.64. The molecule has 1 N–H and O–H groups in total. The molecule has 1 rings (SSSR count). The van der Waals surface area contributed by atoms with Gasteiger partial charge in [-0.2, -0.15) is 0 Å². The second-order valence-electron chi connectivity index (χ2n) is 3.08. The number of hydrogen-bond acceptors (Lipinski definition) is 3. The summed E-state index contributed by atoms with van der Waals surface area (Å²) in [5.41, 5.74) is 0.901. The molecular weight excluding hydrogens is 231 g/mol. The number of aryl methyl sites for hydroxylation is 1. The molecule has 1 atom stereocenters. The predicted molar refractivity (Wildman–Crippen MR) is 59.2 cm³/mol. The zero-order valence-corrected chi connectivity index (χ0v) is 9.46. The van der Waals surface area contributed by atoms with Crippen molar-refractivity contribution in [2.75, 3.05) is 0 Å². The number of carboxylic acid groups (broad SMARTS) is 1. The van der Waals surface area contributed by atoms with E-state index in [1.807, 2.05) is 19.1 Å². The van der Waals surface area contributed by atoms with Crippen LogP contribution in [0.15, 0.2) is 29.2 Å². The Morgan fingerprint density at radius 3 is 2.62 bits per heavy atom. The molecule has 0 aromatic heterocycles. The standard InChI is InChI=1S/C11H11FO3S/c1-2-7-5-3-4-6-8(7)16-11(15)9(12)10(13)14/h3-6,9H,2H2,1H3,(H,13,14). The minimum Gasteiger partial charge on any atom is -0.479 e. The molecule has 0 aliphatic carbocycles. The van der Waals surface area contributed by atoms with Crippen molar-refractivity contribution in [3.8, 4) is 0 Å². The molecule has 0 radical (unpaired) electrons. The minimum absolute atomic E-state index is 0.610. The van der Waals surface area contributed by atoms with Gasteiger partial charge in [0, 0.05) is 4.90 Å². The van der Waals surface area contributed by atoms with Gasteiger partial charge in [-0.15, -0.1) is 0 Å². The third-order valence-electron chi connectivity index (χ3n) is 1.99. The smallest absolute Gasteiger partial charge is 0.347 e. The fraction of sp³-hybridized carbons (Fsp3) is 0.273. The first-order chi connectivity index (χ1) is 7.56. The van der Waals surface area contributed by atoms with E-state index in [1.54, 1.807) is 12.1 Å². The summed E-state index contributed by atoms with van der Waals surface area (Å²) in [4.78, 5) is 22.1. The average Bonchev–Trinajstić information content (AvgIpc) is 2.28. The number of halogens is 1. The number of rotatable bonds is 4. The molecule has 0 aliphatic heterocycles. The fourth-order valence-corrected chi connectivity index (χ4v) is 2.07. The van der Waals surface area contributed by atoms with Gasteiger partial charge in [-0.3, -0.25) is 4.79 Å². The van der Waals surface area contributed by atoms with Crippen molar-refractivity contribution in [1.29, 1.82) is 0 Å². The summed E-state index contributed by atoms with van der Waals surface area (Å²) in [5, 5.41) is 7.36. The topological polar surface area (TPSA) is 54.4 Å². The summed E-state index contributed by atoms with van der Waals surface area (Å²) in [6.45, 7) is 1.91. The number of benzene rings is 1. The van der Waals surface area contributed by atoms with Crippen LogP contribution in [-0.4, -0.2) is 22.4 Å². The van der Waals surface area contributed by atoms with Gasteiger partial charge in [-0.05, 0) is 29.8 Å². The molecule has 86 valence electrons. The molecule has 1 unspecified atom stereocenters. The van der Waals surface area contributed by atoms with E-state index in [4.69, 9.17) is 5.11 Å². The summed E-state index contributed by atoms with van der Waals surface area (Å²) in [6.07, 6.45) is -1.75. The van der Waals surface area contributed by atoms with E-state index >= 15 is 0 Å². The SMILES string of the molecule is CCc1ccccc1SC(=O)C(F)C(=O)O. The zero-order chi connectivity index (χ0) is 12.1. The van der Waals surface area contributed by atoms with E-state index in [0.29, 0.717) is 23.1 Å². The first-order valence-electron chi connectivity index (χ1n) is 4.72. The Labute approximate surface area is 96.7 Å². The first kappa shape index (κ1) is 12.7. The highest BCUT2D eigenvalue weighted by atomic mass is 32.2. The van der Waals surface area contributed by atoms with Crippen LogP contribution >= 0.6 is 11.8 Å². The lowest BCUT2D eigenvalue weighted by Gasteiger charge is -2.06. The van der Waals surface area contributed by atoms with Gasteiger partial charge < -0.3 is 5.11 Å². The third-order valence-corrected chi connectivity index (χ3v) is 3.01. The van der Waals surface area contributed by atoms with Crippen molar-refractivity contribution in [3.63, 3.8) is 0 Å². The Hall–Kier alpha value is -1.36. The van der Waals surface area contributed by atoms with Gasteiger partial charge in [0.25, 0.3) is 6.17 Å². The average molecular weight is 242 g/mol. The van der Waals surface area contributed by atoms with E-state index in [1.165, 1.54) is 0 Å². The van der Waals surface area contributed by atoms with E-state index in [2.05, 4.69) is 0 Å². The molecule has 0 bridgehead atoms. The molecule has 0 saturated heterocycles. The van der Waals surface area contributed by atoms with Gasteiger partial charge in [0.2, 0.25) is 5.12 Å². The highest BCUT2D eigenvalue weighted by molar-refractivity contribution is 8.13. The highest BCUT2D eigenvalue weighted by Gasteiger charge is 2.26. The maximum absolute atomic E-state index is 12.9. The number of alkyl halides is 1. The van der Waals surface area contributed by atoms with E-state index in [9.17, 15) is 14.0 Å². The van der Waals surface area contributed by atoms with E-state index in [-0.39, 0.29) is 0 Å². The quantitative estimate of drug-likeness (QED) is 0.650. The lowest BCUT2D eigenvalue weighted by molar-refractivity contribution is -0.145. The summed E-state index contributed by atoms with van der Waals surface area (Å²) in [7, 11) is 0. The summed E-state index contributed by atoms with van der Waals surface area (Å²) < 4.78 is 12.9. The van der Waals surface area contributed by atoms with Crippen LogP contribution in [0.3, 0.4) is 0 Å². The molecule has 1 aromatic carbocycles. The van der Waals surface area contributed by atoms with Crippen LogP contribution in [0, 0.1) is 0 Å². The van der Waals surface area contributed by atoms with E-state index in [0.717, 1.165) is 5.56 Å².